The van der Waals surface area contributed by atoms with Crippen LogP contribution in [0.25, 0.3) is 10.9 Å². The molecule has 2 aromatic carbocycles. The number of phenols is 2. The fourth-order valence-corrected chi connectivity index (χ4v) is 2.72. The summed E-state index contributed by atoms with van der Waals surface area (Å²) in [5.41, 5.74) is 0.802. The van der Waals surface area contributed by atoms with Gasteiger partial charge in [-0.1, -0.05) is 24.3 Å². The first-order valence-corrected chi connectivity index (χ1v) is 6.96. The molecule has 1 heterocycles. The van der Waals surface area contributed by atoms with Crippen LogP contribution in [0.5, 0.6) is 11.5 Å². The highest BCUT2D eigenvalue weighted by Gasteiger charge is 2.22. The van der Waals surface area contributed by atoms with Gasteiger partial charge in [0, 0.05) is 16.5 Å². The Balaban J connectivity index is 2.21. The summed E-state index contributed by atoms with van der Waals surface area (Å²) < 4.78 is 16.0. The minimum atomic E-state index is -1.19. The molecule has 0 atom stereocenters. The van der Waals surface area contributed by atoms with Crippen LogP contribution in [0.2, 0.25) is 0 Å². The SMILES string of the molecule is O=C(O)Cc1c(F)n(Cc2ccccc2O)c2cccc(O)c12. The summed E-state index contributed by atoms with van der Waals surface area (Å²) in [6.45, 7) is 0.0259. The molecular weight excluding hydrogens is 301 g/mol. The van der Waals surface area contributed by atoms with E-state index >= 15 is 0 Å². The van der Waals surface area contributed by atoms with E-state index < -0.39 is 18.3 Å². The Morgan fingerprint density at radius 1 is 1.04 bits per heavy atom. The lowest BCUT2D eigenvalue weighted by atomic mass is 10.1. The molecule has 0 saturated carbocycles. The van der Waals surface area contributed by atoms with Crippen molar-refractivity contribution in [2.75, 3.05) is 0 Å². The number of carboxylic acids is 1. The Bertz CT molecular complexity index is 901. The quantitative estimate of drug-likeness (QED) is 0.691. The summed E-state index contributed by atoms with van der Waals surface area (Å²) in [6, 6.07) is 11.1. The number of hydrogen-bond acceptors (Lipinski definition) is 3. The van der Waals surface area contributed by atoms with E-state index in [-0.39, 0.29) is 29.0 Å². The Labute approximate surface area is 130 Å². The lowest BCUT2D eigenvalue weighted by Gasteiger charge is -2.08. The van der Waals surface area contributed by atoms with Crippen molar-refractivity contribution in [1.82, 2.24) is 4.57 Å². The largest absolute Gasteiger partial charge is 0.508 e. The number of phenolic OH excluding ortho intramolecular Hbond substituents is 2. The molecule has 0 aliphatic carbocycles. The number of aromatic hydroxyl groups is 2. The van der Waals surface area contributed by atoms with Gasteiger partial charge in [-0.25, -0.2) is 0 Å². The molecule has 3 aromatic rings. The fraction of sp³-hybridized carbons (Fsp3) is 0.118. The number of carboxylic acid groups (broad SMARTS) is 1. The van der Waals surface area contributed by atoms with E-state index in [0.717, 1.165) is 0 Å². The van der Waals surface area contributed by atoms with Crippen LogP contribution in [0.1, 0.15) is 11.1 Å². The van der Waals surface area contributed by atoms with Gasteiger partial charge in [-0.2, -0.15) is 4.39 Å². The number of halogens is 1. The van der Waals surface area contributed by atoms with Crippen molar-refractivity contribution in [2.45, 2.75) is 13.0 Å². The maximum absolute atomic E-state index is 14.8. The van der Waals surface area contributed by atoms with Crippen molar-refractivity contribution in [3.8, 4) is 11.5 Å². The molecule has 118 valence electrons. The van der Waals surface area contributed by atoms with Crippen LogP contribution in [-0.4, -0.2) is 25.9 Å². The summed E-state index contributed by atoms with van der Waals surface area (Å²) in [4.78, 5) is 11.0. The number of rotatable bonds is 4. The zero-order chi connectivity index (χ0) is 16.6. The lowest BCUT2D eigenvalue weighted by Crippen LogP contribution is -2.06. The number of hydrogen-bond donors (Lipinski definition) is 3. The normalized spacial score (nSPS) is 11.0. The molecule has 0 spiro atoms. The average Bonchev–Trinajstić information content (AvgIpc) is 2.76. The van der Waals surface area contributed by atoms with Gasteiger partial charge in [-0.15, -0.1) is 0 Å². The zero-order valence-corrected chi connectivity index (χ0v) is 12.0. The summed E-state index contributed by atoms with van der Waals surface area (Å²) in [7, 11) is 0. The highest BCUT2D eigenvalue weighted by molar-refractivity contribution is 5.92. The number of benzene rings is 2. The number of aromatic nitrogens is 1. The molecule has 0 unspecified atom stereocenters. The topological polar surface area (TPSA) is 82.7 Å². The molecule has 0 radical (unpaired) electrons. The smallest absolute Gasteiger partial charge is 0.308 e. The van der Waals surface area contributed by atoms with E-state index in [0.29, 0.717) is 11.1 Å². The second-order valence-corrected chi connectivity index (χ2v) is 5.23. The first kappa shape index (κ1) is 14.9. The van der Waals surface area contributed by atoms with E-state index in [1.807, 2.05) is 0 Å². The molecular formula is C17H14FNO4. The van der Waals surface area contributed by atoms with Crippen molar-refractivity contribution < 1.29 is 24.5 Å². The molecule has 0 amide bonds. The summed E-state index contributed by atoms with van der Waals surface area (Å²) in [6.07, 6.45) is -0.534. The van der Waals surface area contributed by atoms with Crippen LogP contribution in [-0.2, 0) is 17.8 Å². The van der Waals surface area contributed by atoms with Crippen molar-refractivity contribution >= 4 is 16.9 Å². The Morgan fingerprint density at radius 2 is 1.74 bits per heavy atom. The van der Waals surface area contributed by atoms with Gasteiger partial charge in [0.25, 0.3) is 0 Å². The second kappa shape index (κ2) is 5.64. The van der Waals surface area contributed by atoms with Crippen LogP contribution in [0.3, 0.4) is 0 Å². The maximum atomic E-state index is 14.8. The minimum absolute atomic E-state index is 0.0219. The molecule has 23 heavy (non-hydrogen) atoms. The molecule has 6 heteroatoms. The third-order valence-electron chi connectivity index (χ3n) is 3.75. The monoisotopic (exact) mass is 315 g/mol. The van der Waals surface area contributed by atoms with Gasteiger partial charge >= 0.3 is 5.97 Å². The van der Waals surface area contributed by atoms with E-state index in [9.17, 15) is 19.4 Å². The van der Waals surface area contributed by atoms with E-state index in [4.69, 9.17) is 5.11 Å². The Hall–Kier alpha value is -3.02. The molecule has 0 aliphatic heterocycles. The highest BCUT2D eigenvalue weighted by atomic mass is 19.1. The maximum Gasteiger partial charge on any atom is 0.308 e. The molecule has 5 nitrogen and oxygen atoms in total. The summed E-state index contributed by atoms with van der Waals surface area (Å²) in [5, 5.41) is 29.0. The van der Waals surface area contributed by atoms with Gasteiger partial charge in [0.15, 0.2) is 5.95 Å². The van der Waals surface area contributed by atoms with Crippen molar-refractivity contribution in [1.29, 1.82) is 0 Å². The van der Waals surface area contributed by atoms with Crippen molar-refractivity contribution in [2.24, 2.45) is 0 Å². The first-order valence-electron chi connectivity index (χ1n) is 6.96. The average molecular weight is 315 g/mol. The van der Waals surface area contributed by atoms with E-state index in [1.165, 1.54) is 16.7 Å². The Kier molecular flexibility index (Phi) is 3.65. The third kappa shape index (κ3) is 2.59. The van der Waals surface area contributed by atoms with Gasteiger partial charge in [-0.05, 0) is 18.2 Å². The van der Waals surface area contributed by atoms with Gasteiger partial charge in [-0.3, -0.25) is 4.79 Å². The molecule has 3 rings (SSSR count). The Morgan fingerprint density at radius 3 is 2.43 bits per heavy atom. The first-order chi connectivity index (χ1) is 11.0. The zero-order valence-electron chi connectivity index (χ0n) is 12.0. The molecule has 0 fully saturated rings. The van der Waals surface area contributed by atoms with Crippen LogP contribution in [0.4, 0.5) is 4.39 Å². The molecule has 1 aromatic heterocycles. The third-order valence-corrected chi connectivity index (χ3v) is 3.75. The summed E-state index contributed by atoms with van der Waals surface area (Å²) in [5.74, 6) is -2.07. The fourth-order valence-electron chi connectivity index (χ4n) is 2.72. The standard InChI is InChI=1S/C17H14FNO4/c18-17-11(8-15(22)23)16-12(5-3-7-14(16)21)19(17)9-10-4-1-2-6-13(10)20/h1-7,20-21H,8-9H2,(H,22,23). The molecule has 0 aliphatic rings. The van der Waals surface area contributed by atoms with Gasteiger partial charge in [0.2, 0.25) is 0 Å². The molecule has 3 N–H and O–H groups in total. The van der Waals surface area contributed by atoms with Crippen LogP contribution in [0, 0.1) is 5.95 Å². The van der Waals surface area contributed by atoms with Gasteiger partial charge in [0.1, 0.15) is 11.5 Å². The second-order valence-electron chi connectivity index (χ2n) is 5.23. The number of para-hydroxylation sites is 1. The predicted molar refractivity (Wildman–Crippen MR) is 82.1 cm³/mol. The number of nitrogens with zero attached hydrogens (tertiary/aromatic N) is 1. The molecule has 0 bridgehead atoms. The summed E-state index contributed by atoms with van der Waals surface area (Å²) >= 11 is 0. The van der Waals surface area contributed by atoms with Crippen molar-refractivity contribution in [3.05, 3.63) is 59.5 Å². The van der Waals surface area contributed by atoms with Gasteiger partial charge in [0.05, 0.1) is 18.5 Å². The van der Waals surface area contributed by atoms with Gasteiger partial charge < -0.3 is 19.9 Å². The minimum Gasteiger partial charge on any atom is -0.508 e. The van der Waals surface area contributed by atoms with Crippen LogP contribution in [0.15, 0.2) is 42.5 Å². The predicted octanol–water partition coefficient (Wildman–Crippen LogP) is 2.87. The van der Waals surface area contributed by atoms with Crippen LogP contribution < -0.4 is 0 Å². The van der Waals surface area contributed by atoms with Crippen molar-refractivity contribution in [3.63, 3.8) is 0 Å². The lowest BCUT2D eigenvalue weighted by molar-refractivity contribution is -0.136. The van der Waals surface area contributed by atoms with Crippen LogP contribution >= 0.6 is 0 Å². The highest BCUT2D eigenvalue weighted by Crippen LogP contribution is 2.33. The van der Waals surface area contributed by atoms with E-state index in [1.54, 1.807) is 30.3 Å². The number of fused-ring (bicyclic) bond motifs is 1. The number of carbonyl (C=O) groups is 1. The van der Waals surface area contributed by atoms with E-state index in [2.05, 4.69) is 0 Å². The molecule has 0 saturated heterocycles. The number of aliphatic carboxylic acids is 1.